The van der Waals surface area contributed by atoms with E-state index in [1.165, 1.54) is 0 Å². The molecule has 2 nitrogen and oxygen atoms in total. The summed E-state index contributed by atoms with van der Waals surface area (Å²) >= 11 is 12.7. The average molecular weight is 418 g/mol. The molecule has 0 aliphatic heterocycles. The lowest BCUT2D eigenvalue weighted by atomic mass is 10.1. The van der Waals surface area contributed by atoms with Crippen LogP contribution in [-0.4, -0.2) is 11.2 Å². The number of carbonyl (C=O) groups is 1. The summed E-state index contributed by atoms with van der Waals surface area (Å²) in [5.74, 6) is -0.151. The minimum Gasteiger partial charge on any atom is -0.344 e. The molecule has 0 spiro atoms. The molecule has 2 aromatic carbocycles. The van der Waals surface area contributed by atoms with E-state index in [1.807, 2.05) is 30.3 Å². The van der Waals surface area contributed by atoms with Crippen molar-refractivity contribution in [3.05, 3.63) is 69.2 Å². The van der Waals surface area contributed by atoms with Crippen molar-refractivity contribution in [1.82, 2.24) is 5.32 Å². The second-order valence-corrected chi connectivity index (χ2v) is 6.25. The number of carbonyl (C=O) groups excluding carboxylic acids is 1. The van der Waals surface area contributed by atoms with Crippen molar-refractivity contribution < 1.29 is 4.79 Å². The molecule has 104 valence electrons. The summed E-state index contributed by atoms with van der Waals surface area (Å²) in [4.78, 5) is 12.3. The van der Waals surface area contributed by atoms with Gasteiger partial charge >= 0.3 is 0 Å². The van der Waals surface area contributed by atoms with Crippen LogP contribution in [0.25, 0.3) is 0 Å². The van der Waals surface area contributed by atoms with Crippen LogP contribution in [0.15, 0.2) is 53.0 Å². The fraction of sp³-hybridized carbons (Fsp3) is 0.133. The van der Waals surface area contributed by atoms with Gasteiger partial charge in [0, 0.05) is 20.4 Å². The quantitative estimate of drug-likeness (QED) is 0.700. The van der Waals surface area contributed by atoms with Gasteiger partial charge in [-0.1, -0.05) is 73.8 Å². The molecule has 1 N–H and O–H groups in total. The number of hydrogen-bond donors (Lipinski definition) is 1. The molecule has 0 saturated carbocycles. The predicted molar refractivity (Wildman–Crippen MR) is 89.6 cm³/mol. The molecule has 0 bridgehead atoms. The summed E-state index contributed by atoms with van der Waals surface area (Å²) in [5.41, 5.74) is 1.59. The van der Waals surface area contributed by atoms with Crippen LogP contribution >= 0.6 is 43.5 Å². The standard InChI is InChI=1S/C15H12Br2ClNO/c16-9-14(10-4-2-1-3-5-10)19-15(20)11-6-12(17)8-13(18)7-11/h1-8,14H,9H2,(H,19,20). The Morgan fingerprint density at radius 2 is 1.90 bits per heavy atom. The number of alkyl halides is 1. The van der Waals surface area contributed by atoms with E-state index in [1.54, 1.807) is 18.2 Å². The van der Waals surface area contributed by atoms with Gasteiger partial charge in [0.25, 0.3) is 5.91 Å². The first-order chi connectivity index (χ1) is 9.60. The fourth-order valence-corrected chi connectivity index (χ4v) is 3.22. The molecule has 1 unspecified atom stereocenters. The lowest BCUT2D eigenvalue weighted by Gasteiger charge is -2.17. The van der Waals surface area contributed by atoms with Gasteiger partial charge < -0.3 is 5.32 Å². The Kier molecular flexibility index (Phi) is 5.64. The SMILES string of the molecule is O=C(NC(CBr)c1ccccc1)c1cc(Cl)cc(Br)c1. The summed E-state index contributed by atoms with van der Waals surface area (Å²) in [6.07, 6.45) is 0. The molecule has 0 saturated heterocycles. The van der Waals surface area contributed by atoms with Crippen LogP contribution in [-0.2, 0) is 0 Å². The number of amides is 1. The second-order valence-electron chi connectivity index (χ2n) is 4.25. The number of benzene rings is 2. The maximum atomic E-state index is 12.3. The molecular formula is C15H12Br2ClNO. The number of rotatable bonds is 4. The molecule has 2 aromatic rings. The molecule has 1 amide bonds. The van der Waals surface area contributed by atoms with Gasteiger partial charge in [0.1, 0.15) is 0 Å². The summed E-state index contributed by atoms with van der Waals surface area (Å²) < 4.78 is 0.783. The van der Waals surface area contributed by atoms with Crippen molar-refractivity contribution in [3.8, 4) is 0 Å². The van der Waals surface area contributed by atoms with Crippen molar-refractivity contribution in [2.75, 3.05) is 5.33 Å². The predicted octanol–water partition coefficient (Wildman–Crippen LogP) is 4.97. The van der Waals surface area contributed by atoms with E-state index in [9.17, 15) is 4.79 Å². The Morgan fingerprint density at radius 1 is 1.20 bits per heavy atom. The van der Waals surface area contributed by atoms with Gasteiger partial charge in [0.15, 0.2) is 0 Å². The van der Waals surface area contributed by atoms with E-state index in [2.05, 4.69) is 37.2 Å². The Bertz CT molecular complexity index is 584. The monoisotopic (exact) mass is 415 g/mol. The van der Waals surface area contributed by atoms with Gasteiger partial charge in [-0.2, -0.15) is 0 Å². The fourth-order valence-electron chi connectivity index (χ4n) is 1.82. The van der Waals surface area contributed by atoms with Crippen LogP contribution in [0.2, 0.25) is 5.02 Å². The Hall–Kier alpha value is -0.840. The maximum Gasteiger partial charge on any atom is 0.251 e. The van der Waals surface area contributed by atoms with Gasteiger partial charge in [0.2, 0.25) is 0 Å². The highest BCUT2D eigenvalue weighted by Gasteiger charge is 2.15. The van der Waals surface area contributed by atoms with Gasteiger partial charge in [-0.25, -0.2) is 0 Å². The molecule has 1 atom stereocenters. The molecule has 0 aliphatic rings. The van der Waals surface area contributed by atoms with E-state index >= 15 is 0 Å². The molecule has 0 fully saturated rings. The first-order valence-electron chi connectivity index (χ1n) is 5.98. The molecule has 0 radical (unpaired) electrons. The third-order valence-electron chi connectivity index (χ3n) is 2.79. The summed E-state index contributed by atoms with van der Waals surface area (Å²) in [7, 11) is 0. The molecule has 2 rings (SSSR count). The van der Waals surface area contributed by atoms with Crippen molar-refractivity contribution in [2.24, 2.45) is 0 Å². The van der Waals surface area contributed by atoms with E-state index < -0.39 is 0 Å². The maximum absolute atomic E-state index is 12.3. The highest BCUT2D eigenvalue weighted by Crippen LogP contribution is 2.21. The third-order valence-corrected chi connectivity index (χ3v) is 4.11. The van der Waals surface area contributed by atoms with Crippen LogP contribution in [0.4, 0.5) is 0 Å². The Labute approximate surface area is 139 Å². The second kappa shape index (κ2) is 7.25. The van der Waals surface area contributed by atoms with Crippen molar-refractivity contribution in [1.29, 1.82) is 0 Å². The molecule has 0 aromatic heterocycles. The summed E-state index contributed by atoms with van der Waals surface area (Å²) in [5, 5.41) is 4.16. The Morgan fingerprint density at radius 3 is 2.50 bits per heavy atom. The van der Waals surface area contributed by atoms with Crippen molar-refractivity contribution in [3.63, 3.8) is 0 Å². The van der Waals surface area contributed by atoms with E-state index in [-0.39, 0.29) is 11.9 Å². The van der Waals surface area contributed by atoms with Gasteiger partial charge in [-0.15, -0.1) is 0 Å². The minimum absolute atomic E-state index is 0.0820. The van der Waals surface area contributed by atoms with Gasteiger partial charge in [-0.3, -0.25) is 4.79 Å². The minimum atomic E-state index is -0.151. The largest absolute Gasteiger partial charge is 0.344 e. The smallest absolute Gasteiger partial charge is 0.251 e. The first kappa shape index (κ1) is 15.5. The zero-order valence-electron chi connectivity index (χ0n) is 10.4. The summed E-state index contributed by atoms with van der Waals surface area (Å²) in [6, 6.07) is 14.9. The number of hydrogen-bond acceptors (Lipinski definition) is 1. The van der Waals surface area contributed by atoms with Crippen LogP contribution in [0.3, 0.4) is 0 Å². The molecule has 0 heterocycles. The zero-order valence-corrected chi connectivity index (χ0v) is 14.4. The van der Waals surface area contributed by atoms with Gasteiger partial charge in [-0.05, 0) is 23.8 Å². The number of nitrogens with one attached hydrogen (secondary N) is 1. The third kappa shape index (κ3) is 4.08. The van der Waals surface area contributed by atoms with Crippen LogP contribution < -0.4 is 5.32 Å². The highest BCUT2D eigenvalue weighted by molar-refractivity contribution is 9.10. The van der Waals surface area contributed by atoms with Crippen molar-refractivity contribution >= 4 is 49.4 Å². The van der Waals surface area contributed by atoms with Crippen LogP contribution in [0.1, 0.15) is 22.0 Å². The molecule has 0 aliphatic carbocycles. The molecular weight excluding hydrogens is 405 g/mol. The molecule has 20 heavy (non-hydrogen) atoms. The lowest BCUT2D eigenvalue weighted by Crippen LogP contribution is -2.29. The van der Waals surface area contributed by atoms with Gasteiger partial charge in [0.05, 0.1) is 6.04 Å². The first-order valence-corrected chi connectivity index (χ1v) is 8.27. The highest BCUT2D eigenvalue weighted by atomic mass is 79.9. The van der Waals surface area contributed by atoms with Crippen LogP contribution in [0.5, 0.6) is 0 Å². The average Bonchev–Trinajstić information content (AvgIpc) is 2.44. The van der Waals surface area contributed by atoms with E-state index in [0.29, 0.717) is 15.9 Å². The lowest BCUT2D eigenvalue weighted by molar-refractivity contribution is 0.0940. The summed E-state index contributed by atoms with van der Waals surface area (Å²) in [6.45, 7) is 0. The number of halogens is 3. The van der Waals surface area contributed by atoms with E-state index in [0.717, 1.165) is 10.0 Å². The van der Waals surface area contributed by atoms with E-state index in [4.69, 9.17) is 11.6 Å². The topological polar surface area (TPSA) is 29.1 Å². The molecule has 5 heteroatoms. The zero-order chi connectivity index (χ0) is 14.5. The van der Waals surface area contributed by atoms with Crippen LogP contribution in [0, 0.1) is 0 Å². The normalized spacial score (nSPS) is 11.9. The Balaban J connectivity index is 2.17. The van der Waals surface area contributed by atoms with Crippen molar-refractivity contribution in [2.45, 2.75) is 6.04 Å².